The summed E-state index contributed by atoms with van der Waals surface area (Å²) in [5, 5.41) is 11.7. The van der Waals surface area contributed by atoms with Crippen molar-refractivity contribution >= 4 is 17.9 Å². The van der Waals surface area contributed by atoms with Gasteiger partial charge in [0.05, 0.1) is 11.5 Å². The predicted octanol–water partition coefficient (Wildman–Crippen LogP) is 1.30. The summed E-state index contributed by atoms with van der Waals surface area (Å²) in [6.07, 6.45) is 10.0. The van der Waals surface area contributed by atoms with Gasteiger partial charge in [0.15, 0.2) is 5.79 Å². The van der Waals surface area contributed by atoms with E-state index in [1.807, 2.05) is 0 Å². The van der Waals surface area contributed by atoms with Crippen LogP contribution >= 0.6 is 0 Å². The summed E-state index contributed by atoms with van der Waals surface area (Å²) in [7, 11) is 0. The molecule has 0 atom stereocenters. The molecule has 0 aromatic rings. The van der Waals surface area contributed by atoms with Crippen LogP contribution in [-0.2, 0) is 33.3 Å². The average molecular weight is 375 g/mol. The Bertz CT molecular complexity index is 784. The maximum atomic E-state index is 11.7. The van der Waals surface area contributed by atoms with Crippen molar-refractivity contribution in [3.63, 3.8) is 0 Å². The van der Waals surface area contributed by atoms with Crippen molar-refractivity contribution in [1.82, 2.24) is 0 Å². The van der Waals surface area contributed by atoms with Crippen molar-refractivity contribution in [2.24, 2.45) is 0 Å². The van der Waals surface area contributed by atoms with Crippen molar-refractivity contribution in [3.8, 4) is 0 Å². The van der Waals surface area contributed by atoms with E-state index in [-0.39, 0.29) is 11.1 Å². The molecule has 0 aromatic heterocycles. The molecule has 0 spiro atoms. The molecule has 2 rings (SSSR count). The van der Waals surface area contributed by atoms with Gasteiger partial charge >= 0.3 is 17.9 Å². The third-order valence-corrected chi connectivity index (χ3v) is 3.20. The number of rotatable bonds is 4. The average Bonchev–Trinajstić information content (AvgIpc) is 2.48. The first-order chi connectivity index (χ1) is 12.5. The number of carbonyl (C=O) groups is 3. The van der Waals surface area contributed by atoms with E-state index in [1.165, 1.54) is 64.2 Å². The molecule has 8 heteroatoms. The molecule has 0 unspecified atom stereocenters. The Labute approximate surface area is 156 Å². The highest BCUT2D eigenvalue weighted by atomic mass is 16.8. The van der Waals surface area contributed by atoms with Crippen LogP contribution in [0.5, 0.6) is 0 Å². The monoisotopic (exact) mass is 375 g/mol. The Morgan fingerprint density at radius 2 is 1.19 bits per heavy atom. The minimum Gasteiger partial charge on any atom is -0.575 e. The van der Waals surface area contributed by atoms with E-state index in [9.17, 15) is 19.5 Å². The fraction of sp³-hybridized carbons (Fsp3) is 0.316. The van der Waals surface area contributed by atoms with Crippen molar-refractivity contribution < 1.29 is 38.4 Å². The second-order valence-corrected chi connectivity index (χ2v) is 6.48. The molecule has 1 saturated heterocycles. The first-order valence-electron chi connectivity index (χ1n) is 8.03. The third-order valence-electron chi connectivity index (χ3n) is 3.20. The zero-order valence-electron chi connectivity index (χ0n) is 15.3. The van der Waals surface area contributed by atoms with Gasteiger partial charge in [-0.3, -0.25) is 0 Å². The molecular formula is C19H19O8-. The van der Waals surface area contributed by atoms with Gasteiger partial charge in [-0.15, -0.1) is 0 Å². The summed E-state index contributed by atoms with van der Waals surface area (Å²) >= 11 is 0. The second kappa shape index (κ2) is 7.53. The lowest BCUT2D eigenvalue weighted by Crippen LogP contribution is -2.41. The van der Waals surface area contributed by atoms with Gasteiger partial charge in [0.25, 0.3) is 5.79 Å². The molecule has 144 valence electrons. The summed E-state index contributed by atoms with van der Waals surface area (Å²) in [4.78, 5) is 35.2. The number of carbonyl (C=O) groups excluding carboxylic acids is 3. The Kier molecular flexibility index (Phi) is 5.58. The van der Waals surface area contributed by atoms with E-state index in [0.717, 1.165) is 0 Å². The van der Waals surface area contributed by atoms with Crippen LogP contribution in [0.25, 0.3) is 0 Å². The number of esters is 3. The number of cyclic esters (lactones) is 3. The van der Waals surface area contributed by atoms with E-state index >= 15 is 0 Å². The Morgan fingerprint density at radius 3 is 1.78 bits per heavy atom. The summed E-state index contributed by atoms with van der Waals surface area (Å²) in [5.74, 6) is -5.63. The number of allylic oxidation sites excluding steroid dienone is 6. The molecule has 27 heavy (non-hydrogen) atoms. The topological polar surface area (TPSA) is 111 Å². The highest BCUT2D eigenvalue weighted by Gasteiger charge is 2.38. The molecule has 2 heterocycles. The summed E-state index contributed by atoms with van der Waals surface area (Å²) in [6, 6.07) is 0. The van der Waals surface area contributed by atoms with Crippen molar-refractivity contribution in [2.45, 2.75) is 39.3 Å². The number of hydrogen-bond donors (Lipinski definition) is 0. The summed E-state index contributed by atoms with van der Waals surface area (Å²) in [5.41, 5.74) is -0.444. The lowest BCUT2D eigenvalue weighted by Gasteiger charge is -2.38. The van der Waals surface area contributed by atoms with Gasteiger partial charge in [-0.1, -0.05) is 30.4 Å². The van der Waals surface area contributed by atoms with Crippen LogP contribution in [0.15, 0.2) is 59.6 Å². The SMILES string of the molecule is CC1(C)OC(=O)C(=C/C=C/C=C/C=C/C2=C([O-])OC(C)(C)OC2=O)C(=O)O1. The van der Waals surface area contributed by atoms with Crippen LogP contribution < -0.4 is 5.11 Å². The van der Waals surface area contributed by atoms with Crippen molar-refractivity contribution in [2.75, 3.05) is 0 Å². The van der Waals surface area contributed by atoms with E-state index < -0.39 is 35.4 Å². The summed E-state index contributed by atoms with van der Waals surface area (Å²) in [6.45, 7) is 5.84. The van der Waals surface area contributed by atoms with Crippen molar-refractivity contribution in [1.29, 1.82) is 0 Å². The molecule has 2 aliphatic heterocycles. The number of ether oxygens (including phenoxy) is 4. The zero-order valence-corrected chi connectivity index (χ0v) is 15.3. The lowest BCUT2D eigenvalue weighted by atomic mass is 10.2. The maximum absolute atomic E-state index is 11.7. The molecule has 0 aliphatic carbocycles. The van der Waals surface area contributed by atoms with Crippen LogP contribution in [0.4, 0.5) is 0 Å². The van der Waals surface area contributed by atoms with Crippen LogP contribution in [0, 0.1) is 0 Å². The van der Waals surface area contributed by atoms with Gasteiger partial charge < -0.3 is 24.1 Å². The van der Waals surface area contributed by atoms with E-state index in [1.54, 1.807) is 6.08 Å². The normalized spacial score (nSPS) is 22.1. The van der Waals surface area contributed by atoms with E-state index in [0.29, 0.717) is 0 Å². The fourth-order valence-corrected chi connectivity index (χ4v) is 2.09. The third kappa shape index (κ3) is 5.34. The standard InChI is InChI=1S/C19H20O8/c1-18(2)24-14(20)12(15(21)25-18)10-8-6-5-7-9-11-13-16(22)26-19(3,4)27-17(13)23/h5-11,20H,1-4H3/p-1/b6-5+,9-7+,10-8+. The van der Waals surface area contributed by atoms with Crippen LogP contribution in [0.1, 0.15) is 27.7 Å². The van der Waals surface area contributed by atoms with Gasteiger partial charge in [0.2, 0.25) is 0 Å². The largest absolute Gasteiger partial charge is 0.575 e. The molecule has 2 aliphatic rings. The predicted molar refractivity (Wildman–Crippen MR) is 90.0 cm³/mol. The Balaban J connectivity index is 1.96. The maximum Gasteiger partial charge on any atom is 0.348 e. The molecule has 0 N–H and O–H groups in total. The van der Waals surface area contributed by atoms with Crippen molar-refractivity contribution in [3.05, 3.63) is 59.6 Å². The summed E-state index contributed by atoms with van der Waals surface area (Å²) < 4.78 is 19.8. The zero-order chi connectivity index (χ0) is 20.2. The van der Waals surface area contributed by atoms with Gasteiger partial charge in [-0.2, -0.15) is 0 Å². The Morgan fingerprint density at radius 1 is 0.704 bits per heavy atom. The minimum atomic E-state index is -1.28. The smallest absolute Gasteiger partial charge is 0.348 e. The molecule has 0 aromatic carbocycles. The highest BCUT2D eigenvalue weighted by molar-refractivity contribution is 6.15. The molecular weight excluding hydrogens is 356 g/mol. The lowest BCUT2D eigenvalue weighted by molar-refractivity contribution is -0.393. The first-order valence-corrected chi connectivity index (χ1v) is 8.03. The molecule has 0 radical (unpaired) electrons. The molecule has 0 saturated carbocycles. The van der Waals surface area contributed by atoms with E-state index in [4.69, 9.17) is 18.9 Å². The van der Waals surface area contributed by atoms with Gasteiger partial charge in [0, 0.05) is 13.8 Å². The van der Waals surface area contributed by atoms with Gasteiger partial charge in [0.1, 0.15) is 5.57 Å². The van der Waals surface area contributed by atoms with Crippen LogP contribution in [0.3, 0.4) is 0 Å². The van der Waals surface area contributed by atoms with Gasteiger partial charge in [-0.05, 0) is 26.0 Å². The van der Waals surface area contributed by atoms with Crippen LogP contribution in [-0.4, -0.2) is 29.5 Å². The minimum absolute atomic E-state index is 0.222. The van der Waals surface area contributed by atoms with E-state index in [2.05, 4.69) is 0 Å². The van der Waals surface area contributed by atoms with Crippen LogP contribution in [0.2, 0.25) is 0 Å². The molecule has 0 amide bonds. The highest BCUT2D eigenvalue weighted by Crippen LogP contribution is 2.24. The molecule has 1 fully saturated rings. The number of hydrogen-bond acceptors (Lipinski definition) is 8. The fourth-order valence-electron chi connectivity index (χ4n) is 2.09. The molecule has 8 nitrogen and oxygen atoms in total. The first kappa shape index (κ1) is 20.0. The second-order valence-electron chi connectivity index (χ2n) is 6.48. The Hall–Kier alpha value is -3.29. The van der Waals surface area contributed by atoms with Gasteiger partial charge in [-0.25, -0.2) is 14.4 Å². The quantitative estimate of drug-likeness (QED) is 0.313. The molecule has 0 bridgehead atoms.